The lowest BCUT2D eigenvalue weighted by Crippen LogP contribution is -2.88. The maximum absolute atomic E-state index is 15.5. The predicted octanol–water partition coefficient (Wildman–Crippen LogP) is 5.89. The Morgan fingerprint density at radius 3 is 1.59 bits per heavy atom. The maximum Gasteiger partial charge on any atom is 0.305 e. The van der Waals surface area contributed by atoms with E-state index in [2.05, 4.69) is 0 Å². The summed E-state index contributed by atoms with van der Waals surface area (Å²) < 4.78 is 46.2. The largest absolute Gasteiger partial charge is 0.469 e. The molecule has 2 fully saturated rings. The number of aliphatic hydroxyl groups is 7. The molecule has 2 aliphatic rings. The summed E-state index contributed by atoms with van der Waals surface area (Å²) in [5.41, 5.74) is -8.53. The van der Waals surface area contributed by atoms with Crippen LogP contribution in [0.3, 0.4) is 0 Å². The van der Waals surface area contributed by atoms with Gasteiger partial charge in [-0.05, 0) is 40.7 Å². The molecule has 0 spiro atoms. The van der Waals surface area contributed by atoms with Crippen LogP contribution in [-0.2, 0) is 60.8 Å². The zero-order chi connectivity index (χ0) is 50.5. The Kier molecular flexibility index (Phi) is 18.7. The summed E-state index contributed by atoms with van der Waals surface area (Å²) in [4.78, 5) is 11.6. The number of carbonyl (C=O) groups excluding carboxylic acids is 1. The number of hydrogen-bond acceptors (Lipinski definition) is 13. The van der Waals surface area contributed by atoms with Gasteiger partial charge in [-0.3, -0.25) is 4.79 Å². The van der Waals surface area contributed by atoms with Crippen LogP contribution in [0.1, 0.15) is 72.8 Å². The standard InChI is InChI=1S/C57H69FO13/c1-67-46(60)33-21-4-2-3-5-22-34-68-53-57(66,50(47(61)48(70-53)51(58)62)69-39-44-31-19-10-20-32-44)52-55(64,37-42-27-15-8-16-28-42)56(65,38-43-29-17-9-18-30-43)54(63,36-41-25-13-7-14-26-41)49(71-52)45(59)35-40-23-11-6-12-24-40/h6-20,23-32,45,47-53,59,61-66H,2-5,21-22,33-39H2,1H3/t45?,47-,48+,49-,50+,51?,52-,53+,54-,55+,56+,57+/m1/s1. The minimum Gasteiger partial charge on any atom is -0.469 e. The molecule has 0 aromatic heterocycles. The monoisotopic (exact) mass is 980 g/mol. The fourth-order valence-corrected chi connectivity index (χ4v) is 10.5. The number of carbonyl (C=O) groups is 1. The van der Waals surface area contributed by atoms with Crippen LogP contribution < -0.4 is 0 Å². The molecule has 14 heteroatoms. The molecule has 2 saturated heterocycles. The third-order valence-corrected chi connectivity index (χ3v) is 14.2. The molecular formula is C57H69FO13. The third kappa shape index (κ3) is 12.3. The van der Waals surface area contributed by atoms with E-state index in [0.29, 0.717) is 53.5 Å². The molecular weight excluding hydrogens is 912 g/mol. The smallest absolute Gasteiger partial charge is 0.305 e. The molecule has 12 atom stereocenters. The second-order valence-electron chi connectivity index (χ2n) is 19.1. The topological polar surface area (TPSA) is 205 Å². The van der Waals surface area contributed by atoms with Gasteiger partial charge in [0.2, 0.25) is 6.36 Å². The fraction of sp³-hybridized carbons (Fsp3) is 0.456. The van der Waals surface area contributed by atoms with Crippen molar-refractivity contribution in [2.75, 3.05) is 13.7 Å². The maximum atomic E-state index is 15.5. The molecule has 0 bridgehead atoms. The van der Waals surface area contributed by atoms with Crippen molar-refractivity contribution in [1.82, 2.24) is 0 Å². The van der Waals surface area contributed by atoms with E-state index >= 15 is 4.39 Å². The number of unbranched alkanes of at least 4 members (excludes halogenated alkanes) is 5. The summed E-state index contributed by atoms with van der Waals surface area (Å²) in [6.45, 7) is -0.416. The number of methoxy groups -OCH3 is 1. The van der Waals surface area contributed by atoms with Crippen LogP contribution in [0.5, 0.6) is 0 Å². The van der Waals surface area contributed by atoms with Crippen LogP contribution in [0, 0.1) is 0 Å². The summed E-state index contributed by atoms with van der Waals surface area (Å²) in [6.07, 6.45) is -13.9. The van der Waals surface area contributed by atoms with E-state index < -0.39 is 84.5 Å². The van der Waals surface area contributed by atoms with Crippen molar-refractivity contribution in [3.63, 3.8) is 0 Å². The Labute approximate surface area is 415 Å². The zero-order valence-corrected chi connectivity index (χ0v) is 40.2. The van der Waals surface area contributed by atoms with Gasteiger partial charge < -0.3 is 59.4 Å². The average Bonchev–Trinajstić information content (AvgIpc) is 3.37. The van der Waals surface area contributed by atoms with Gasteiger partial charge in [-0.15, -0.1) is 0 Å². The lowest BCUT2D eigenvalue weighted by molar-refractivity contribution is -0.436. The lowest BCUT2D eigenvalue weighted by Gasteiger charge is -2.66. The van der Waals surface area contributed by atoms with Gasteiger partial charge in [-0.25, -0.2) is 4.39 Å². The minimum absolute atomic E-state index is 0.123. The Morgan fingerprint density at radius 1 is 0.606 bits per heavy atom. The first-order valence-electron chi connectivity index (χ1n) is 24.6. The van der Waals surface area contributed by atoms with Gasteiger partial charge in [0.1, 0.15) is 47.3 Å². The molecule has 382 valence electrons. The molecule has 2 unspecified atom stereocenters. The first-order chi connectivity index (χ1) is 34.2. The number of esters is 1. The number of alkyl halides is 1. The number of halogens is 1. The van der Waals surface area contributed by atoms with Crippen LogP contribution in [0.25, 0.3) is 0 Å². The summed E-state index contributed by atoms with van der Waals surface area (Å²) in [5, 5.41) is 91.9. The molecule has 0 amide bonds. The van der Waals surface area contributed by atoms with E-state index in [4.69, 9.17) is 23.7 Å². The quantitative estimate of drug-likeness (QED) is 0.0285. The number of hydrogen-bond donors (Lipinski definition) is 7. The van der Waals surface area contributed by atoms with E-state index in [0.717, 1.165) is 19.3 Å². The number of rotatable bonds is 24. The van der Waals surface area contributed by atoms with E-state index in [1.807, 2.05) is 6.07 Å². The number of aliphatic hydroxyl groups excluding tert-OH is 3. The zero-order valence-electron chi connectivity index (χ0n) is 40.2. The van der Waals surface area contributed by atoms with Gasteiger partial charge in [0.15, 0.2) is 11.9 Å². The van der Waals surface area contributed by atoms with Gasteiger partial charge in [0, 0.05) is 38.7 Å². The van der Waals surface area contributed by atoms with Crippen molar-refractivity contribution in [2.24, 2.45) is 0 Å². The van der Waals surface area contributed by atoms with Crippen molar-refractivity contribution >= 4 is 5.97 Å². The second-order valence-corrected chi connectivity index (χ2v) is 19.1. The molecule has 13 nitrogen and oxygen atoms in total. The van der Waals surface area contributed by atoms with Crippen LogP contribution in [0.2, 0.25) is 0 Å². The normalized spacial score (nSPS) is 29.5. The first-order valence-corrected chi connectivity index (χ1v) is 24.6. The van der Waals surface area contributed by atoms with E-state index in [1.165, 1.54) is 7.11 Å². The van der Waals surface area contributed by atoms with Crippen molar-refractivity contribution in [3.05, 3.63) is 179 Å². The highest BCUT2D eigenvalue weighted by molar-refractivity contribution is 5.69. The van der Waals surface area contributed by atoms with Crippen LogP contribution in [0.4, 0.5) is 4.39 Å². The molecule has 7 N–H and O–H groups in total. The second kappa shape index (κ2) is 24.7. The Hall–Kier alpha value is -4.94. The highest BCUT2D eigenvalue weighted by atomic mass is 19.1. The summed E-state index contributed by atoms with van der Waals surface area (Å²) >= 11 is 0. The van der Waals surface area contributed by atoms with Gasteiger partial charge in [-0.2, -0.15) is 0 Å². The molecule has 5 aromatic rings. The van der Waals surface area contributed by atoms with Crippen LogP contribution in [0.15, 0.2) is 152 Å². The van der Waals surface area contributed by atoms with Gasteiger partial charge in [0.25, 0.3) is 0 Å². The Bertz CT molecular complexity index is 2350. The molecule has 71 heavy (non-hydrogen) atoms. The van der Waals surface area contributed by atoms with Gasteiger partial charge in [0.05, 0.1) is 19.8 Å². The number of ether oxygens (including phenoxy) is 5. The highest BCUT2D eigenvalue weighted by Crippen LogP contribution is 2.55. The molecule has 0 aliphatic carbocycles. The van der Waals surface area contributed by atoms with Gasteiger partial charge in [-0.1, -0.05) is 177 Å². The molecule has 5 aromatic carbocycles. The first kappa shape index (κ1) is 53.8. The molecule has 0 radical (unpaired) electrons. The van der Waals surface area contributed by atoms with Crippen molar-refractivity contribution in [1.29, 1.82) is 0 Å². The molecule has 2 aliphatic heterocycles. The lowest BCUT2D eigenvalue weighted by atomic mass is 9.54. The van der Waals surface area contributed by atoms with Crippen molar-refractivity contribution in [2.45, 2.75) is 149 Å². The molecule has 2 heterocycles. The summed E-state index contributed by atoms with van der Waals surface area (Å²) in [7, 11) is 1.35. The summed E-state index contributed by atoms with van der Waals surface area (Å²) in [5.74, 6) is -0.278. The predicted molar refractivity (Wildman–Crippen MR) is 262 cm³/mol. The van der Waals surface area contributed by atoms with Crippen molar-refractivity contribution in [3.8, 4) is 0 Å². The Balaban J connectivity index is 1.41. The van der Waals surface area contributed by atoms with Gasteiger partial charge >= 0.3 is 5.97 Å². The minimum atomic E-state index is -2.94. The summed E-state index contributed by atoms with van der Waals surface area (Å²) in [6, 6.07) is 43.8. The van der Waals surface area contributed by atoms with Crippen LogP contribution in [-0.4, -0.2) is 127 Å². The average molecular weight is 981 g/mol. The Morgan fingerprint density at radius 2 is 1.07 bits per heavy atom. The number of benzene rings is 5. The van der Waals surface area contributed by atoms with E-state index in [-0.39, 0.29) is 32.0 Å². The SMILES string of the molecule is COC(=O)CCCCCCCCO[C@H]1O[C@H](C(O)F)[C@@H](O)[C@H](OCc2ccccc2)[C@]1(O)[C@@H]1O[C@H](C(O)Cc2ccccc2)[C@](O)(Cc2ccccc2)[C@@](O)(Cc2ccccc2)[C@]1(O)Cc1ccccc1. The van der Waals surface area contributed by atoms with Crippen LogP contribution >= 0.6 is 0 Å². The van der Waals surface area contributed by atoms with E-state index in [9.17, 15) is 40.5 Å². The van der Waals surface area contributed by atoms with Crippen molar-refractivity contribution < 1.29 is 68.6 Å². The third-order valence-electron chi connectivity index (χ3n) is 14.2. The fourth-order valence-electron chi connectivity index (χ4n) is 10.5. The van der Waals surface area contributed by atoms with E-state index in [1.54, 1.807) is 146 Å². The molecule has 0 saturated carbocycles. The highest BCUT2D eigenvalue weighted by Gasteiger charge is 2.78. The molecule has 7 rings (SSSR count).